The van der Waals surface area contributed by atoms with Crippen molar-refractivity contribution in [2.45, 2.75) is 6.61 Å². The molecule has 0 saturated carbocycles. The van der Waals surface area contributed by atoms with Gasteiger partial charge in [-0.3, -0.25) is 0 Å². The first-order valence-corrected chi connectivity index (χ1v) is 7.77. The zero-order chi connectivity index (χ0) is 18.1. The van der Waals surface area contributed by atoms with Gasteiger partial charge < -0.3 is 23.7 Å². The lowest BCUT2D eigenvalue weighted by Crippen LogP contribution is -2.08. The van der Waals surface area contributed by atoms with Crippen molar-refractivity contribution in [1.82, 2.24) is 0 Å². The number of rotatable bonds is 9. The lowest BCUT2D eigenvalue weighted by Gasteiger charge is -2.12. The number of hydrogen-bond donors (Lipinski definition) is 0. The van der Waals surface area contributed by atoms with E-state index in [1.165, 1.54) is 14.2 Å². The number of carbonyl (C=O) groups is 1. The summed E-state index contributed by atoms with van der Waals surface area (Å²) < 4.78 is 26.3. The quantitative estimate of drug-likeness (QED) is 0.514. The van der Waals surface area contributed by atoms with Crippen LogP contribution >= 0.6 is 0 Å². The molecule has 0 aliphatic carbocycles. The molecule has 0 N–H and O–H groups in total. The van der Waals surface area contributed by atoms with Crippen LogP contribution in [0.15, 0.2) is 42.5 Å². The van der Waals surface area contributed by atoms with Crippen LogP contribution in [0.4, 0.5) is 0 Å². The molecule has 0 saturated heterocycles. The van der Waals surface area contributed by atoms with Crippen LogP contribution in [0.1, 0.15) is 15.9 Å². The smallest absolute Gasteiger partial charge is 0.337 e. The number of carbonyl (C=O) groups excluding carboxylic acids is 1. The zero-order valence-corrected chi connectivity index (χ0v) is 14.6. The summed E-state index contributed by atoms with van der Waals surface area (Å²) in [5.74, 6) is 1.41. The number of methoxy groups -OCH3 is 3. The lowest BCUT2D eigenvalue weighted by molar-refractivity contribution is 0.0600. The molecule has 0 aliphatic rings. The van der Waals surface area contributed by atoms with Gasteiger partial charge in [-0.05, 0) is 35.9 Å². The Labute approximate surface area is 147 Å². The minimum Gasteiger partial charge on any atom is -0.497 e. The van der Waals surface area contributed by atoms with Gasteiger partial charge in [-0.2, -0.15) is 0 Å². The second-order valence-corrected chi connectivity index (χ2v) is 5.11. The summed E-state index contributed by atoms with van der Waals surface area (Å²) in [6.45, 7) is 1.28. The van der Waals surface area contributed by atoms with Gasteiger partial charge in [0.2, 0.25) is 0 Å². The Balaban J connectivity index is 1.79. The van der Waals surface area contributed by atoms with Crippen LogP contribution in [0.25, 0.3) is 0 Å². The molecule has 0 bridgehead atoms. The van der Waals surface area contributed by atoms with Crippen LogP contribution in [0.2, 0.25) is 0 Å². The van der Waals surface area contributed by atoms with Crippen molar-refractivity contribution < 1.29 is 28.5 Å². The monoisotopic (exact) mass is 346 g/mol. The normalized spacial score (nSPS) is 10.2. The Morgan fingerprint density at radius 1 is 0.880 bits per heavy atom. The van der Waals surface area contributed by atoms with E-state index in [4.69, 9.17) is 18.9 Å². The molecule has 25 heavy (non-hydrogen) atoms. The number of esters is 1. The van der Waals surface area contributed by atoms with E-state index in [0.29, 0.717) is 36.9 Å². The standard InChI is InChI=1S/C19H22O6/c1-21-16-7-4-14(5-8-16)13-24-10-11-25-17-9-6-15(19(20)23-3)12-18(17)22-2/h4-9,12H,10-11,13H2,1-3H3. The topological polar surface area (TPSA) is 63.2 Å². The average Bonchev–Trinajstić information content (AvgIpc) is 2.67. The first kappa shape index (κ1) is 18.6. The number of hydrogen-bond acceptors (Lipinski definition) is 6. The maximum atomic E-state index is 11.5. The minimum absolute atomic E-state index is 0.365. The van der Waals surface area contributed by atoms with Gasteiger partial charge >= 0.3 is 5.97 Å². The van der Waals surface area contributed by atoms with E-state index in [0.717, 1.165) is 11.3 Å². The molecule has 0 aliphatic heterocycles. The van der Waals surface area contributed by atoms with E-state index in [1.54, 1.807) is 25.3 Å². The first-order valence-electron chi connectivity index (χ1n) is 7.77. The average molecular weight is 346 g/mol. The van der Waals surface area contributed by atoms with E-state index >= 15 is 0 Å². The summed E-state index contributed by atoms with van der Waals surface area (Å²) in [6.07, 6.45) is 0. The van der Waals surface area contributed by atoms with Crippen molar-refractivity contribution in [3.63, 3.8) is 0 Å². The van der Waals surface area contributed by atoms with E-state index < -0.39 is 5.97 Å². The highest BCUT2D eigenvalue weighted by atomic mass is 16.5. The van der Waals surface area contributed by atoms with Crippen LogP contribution in [0.3, 0.4) is 0 Å². The predicted octanol–water partition coefficient (Wildman–Crippen LogP) is 3.09. The highest BCUT2D eigenvalue weighted by Crippen LogP contribution is 2.28. The van der Waals surface area contributed by atoms with Crippen LogP contribution in [0, 0.1) is 0 Å². The van der Waals surface area contributed by atoms with Gasteiger partial charge in [0.15, 0.2) is 11.5 Å². The van der Waals surface area contributed by atoms with Crippen molar-refractivity contribution in [2.75, 3.05) is 34.5 Å². The second-order valence-electron chi connectivity index (χ2n) is 5.11. The van der Waals surface area contributed by atoms with Crippen molar-refractivity contribution in [3.8, 4) is 17.2 Å². The molecule has 134 valence electrons. The van der Waals surface area contributed by atoms with Gasteiger partial charge in [0.05, 0.1) is 40.1 Å². The maximum absolute atomic E-state index is 11.5. The largest absolute Gasteiger partial charge is 0.497 e. The summed E-state index contributed by atoms with van der Waals surface area (Å²) >= 11 is 0. The Kier molecular flexibility index (Phi) is 7.10. The van der Waals surface area contributed by atoms with Gasteiger partial charge in [0.25, 0.3) is 0 Å². The summed E-state index contributed by atoms with van der Waals surface area (Å²) in [7, 11) is 4.48. The molecule has 0 radical (unpaired) electrons. The van der Waals surface area contributed by atoms with Crippen LogP contribution in [-0.2, 0) is 16.1 Å². The Morgan fingerprint density at radius 3 is 2.28 bits per heavy atom. The summed E-state index contributed by atoms with van der Waals surface area (Å²) in [5, 5.41) is 0. The molecular formula is C19H22O6. The van der Waals surface area contributed by atoms with E-state index in [1.807, 2.05) is 24.3 Å². The molecule has 0 spiro atoms. The minimum atomic E-state index is -0.423. The summed E-state index contributed by atoms with van der Waals surface area (Å²) in [5.41, 5.74) is 1.46. The zero-order valence-electron chi connectivity index (χ0n) is 14.6. The van der Waals surface area contributed by atoms with E-state index in [-0.39, 0.29) is 0 Å². The molecule has 0 amide bonds. The summed E-state index contributed by atoms with van der Waals surface area (Å²) in [4.78, 5) is 11.5. The molecule has 0 atom stereocenters. The molecule has 0 fully saturated rings. The predicted molar refractivity (Wildman–Crippen MR) is 92.5 cm³/mol. The number of ether oxygens (including phenoxy) is 5. The summed E-state index contributed by atoms with van der Waals surface area (Å²) in [6, 6.07) is 12.6. The Bertz CT molecular complexity index is 681. The molecule has 2 aromatic carbocycles. The molecule has 6 heteroatoms. The van der Waals surface area contributed by atoms with Crippen LogP contribution in [-0.4, -0.2) is 40.5 Å². The van der Waals surface area contributed by atoms with Crippen molar-refractivity contribution in [2.24, 2.45) is 0 Å². The molecule has 2 aromatic rings. The van der Waals surface area contributed by atoms with Gasteiger partial charge in [0, 0.05) is 0 Å². The van der Waals surface area contributed by atoms with Gasteiger partial charge in [-0.25, -0.2) is 4.79 Å². The molecule has 6 nitrogen and oxygen atoms in total. The van der Waals surface area contributed by atoms with E-state index in [2.05, 4.69) is 4.74 Å². The maximum Gasteiger partial charge on any atom is 0.337 e. The Morgan fingerprint density at radius 2 is 1.64 bits per heavy atom. The van der Waals surface area contributed by atoms with Gasteiger partial charge in [-0.1, -0.05) is 12.1 Å². The van der Waals surface area contributed by atoms with Crippen LogP contribution < -0.4 is 14.2 Å². The molecule has 0 aromatic heterocycles. The lowest BCUT2D eigenvalue weighted by atomic mass is 10.2. The Hall–Kier alpha value is -2.73. The van der Waals surface area contributed by atoms with Crippen molar-refractivity contribution in [1.29, 1.82) is 0 Å². The van der Waals surface area contributed by atoms with E-state index in [9.17, 15) is 4.79 Å². The number of benzene rings is 2. The third-order valence-corrected chi connectivity index (χ3v) is 3.50. The fraction of sp³-hybridized carbons (Fsp3) is 0.316. The first-order chi connectivity index (χ1) is 12.2. The van der Waals surface area contributed by atoms with Gasteiger partial charge in [-0.15, -0.1) is 0 Å². The molecule has 0 unspecified atom stereocenters. The van der Waals surface area contributed by atoms with Gasteiger partial charge in [0.1, 0.15) is 12.4 Å². The molecule has 2 rings (SSSR count). The van der Waals surface area contributed by atoms with Crippen molar-refractivity contribution in [3.05, 3.63) is 53.6 Å². The second kappa shape index (κ2) is 9.54. The highest BCUT2D eigenvalue weighted by Gasteiger charge is 2.11. The highest BCUT2D eigenvalue weighted by molar-refractivity contribution is 5.90. The molecule has 0 heterocycles. The van der Waals surface area contributed by atoms with Crippen molar-refractivity contribution >= 4 is 5.97 Å². The van der Waals surface area contributed by atoms with Crippen LogP contribution in [0.5, 0.6) is 17.2 Å². The SMILES string of the molecule is COC(=O)c1ccc(OCCOCc2ccc(OC)cc2)c(OC)c1. The third kappa shape index (κ3) is 5.39. The molecular weight excluding hydrogens is 324 g/mol. The fourth-order valence-electron chi connectivity index (χ4n) is 2.15. The fourth-order valence-corrected chi connectivity index (χ4v) is 2.15. The third-order valence-electron chi connectivity index (χ3n) is 3.50.